The zero-order valence-corrected chi connectivity index (χ0v) is 9.25. The van der Waals surface area contributed by atoms with Crippen LogP contribution in [0.15, 0.2) is 18.2 Å². The fraction of sp³-hybridized carbons (Fsp3) is 0.200. The highest BCUT2D eigenvalue weighted by molar-refractivity contribution is 6.31. The second-order valence-electron chi connectivity index (χ2n) is 3.25. The minimum absolute atomic E-state index is 0.0990. The van der Waals surface area contributed by atoms with Gasteiger partial charge in [-0.3, -0.25) is 9.59 Å². The molecule has 6 heteroatoms. The summed E-state index contributed by atoms with van der Waals surface area (Å²) < 4.78 is 0. The zero-order valence-electron chi connectivity index (χ0n) is 8.50. The lowest BCUT2D eigenvalue weighted by Crippen LogP contribution is -2.27. The predicted octanol–water partition coefficient (Wildman–Crippen LogP) is 0.527. The largest absolute Gasteiger partial charge is 0.399 e. The third-order valence-corrected chi connectivity index (χ3v) is 2.06. The predicted molar refractivity (Wildman–Crippen MR) is 62.0 cm³/mol. The Hall–Kier alpha value is -1.75. The van der Waals surface area contributed by atoms with Gasteiger partial charge in [0.2, 0.25) is 5.91 Å². The molecule has 0 fully saturated rings. The molecule has 0 heterocycles. The Balaban J connectivity index is 2.62. The number of amides is 2. The number of nitrogens with one attached hydrogen (secondary N) is 1. The van der Waals surface area contributed by atoms with Crippen LogP contribution in [0.3, 0.4) is 0 Å². The van der Waals surface area contributed by atoms with E-state index in [-0.39, 0.29) is 18.9 Å². The van der Waals surface area contributed by atoms with Crippen LogP contribution in [0.5, 0.6) is 0 Å². The van der Waals surface area contributed by atoms with Gasteiger partial charge in [0, 0.05) is 29.2 Å². The van der Waals surface area contributed by atoms with Gasteiger partial charge in [-0.2, -0.15) is 0 Å². The van der Waals surface area contributed by atoms with E-state index in [9.17, 15) is 9.59 Å². The Kier molecular flexibility index (Phi) is 4.13. The average Bonchev–Trinajstić information content (AvgIpc) is 2.15. The molecule has 0 bridgehead atoms. The van der Waals surface area contributed by atoms with Crippen LogP contribution in [-0.4, -0.2) is 18.4 Å². The van der Waals surface area contributed by atoms with Crippen LogP contribution in [0.4, 0.5) is 5.69 Å². The molecule has 0 aliphatic heterocycles. The molecule has 5 N–H and O–H groups in total. The first-order valence-corrected chi connectivity index (χ1v) is 4.99. The first-order chi connectivity index (χ1) is 7.49. The quantitative estimate of drug-likeness (QED) is 0.671. The Morgan fingerprint density at radius 2 is 2.00 bits per heavy atom. The molecule has 0 spiro atoms. The zero-order chi connectivity index (χ0) is 12.1. The molecule has 86 valence electrons. The van der Waals surface area contributed by atoms with Gasteiger partial charge in [0.1, 0.15) is 0 Å². The molecule has 0 aliphatic rings. The maximum absolute atomic E-state index is 11.6. The van der Waals surface area contributed by atoms with Crippen molar-refractivity contribution in [2.75, 3.05) is 12.3 Å². The van der Waals surface area contributed by atoms with Crippen molar-refractivity contribution in [2.24, 2.45) is 5.73 Å². The molecule has 0 unspecified atom stereocenters. The smallest absolute Gasteiger partial charge is 0.251 e. The van der Waals surface area contributed by atoms with Gasteiger partial charge < -0.3 is 16.8 Å². The number of carbonyl (C=O) groups excluding carboxylic acids is 2. The van der Waals surface area contributed by atoms with E-state index in [1.807, 2.05) is 0 Å². The summed E-state index contributed by atoms with van der Waals surface area (Å²) >= 11 is 5.74. The molecule has 0 atom stereocenters. The van der Waals surface area contributed by atoms with Crippen LogP contribution in [0.1, 0.15) is 16.8 Å². The maximum Gasteiger partial charge on any atom is 0.251 e. The fourth-order valence-electron chi connectivity index (χ4n) is 1.14. The number of hydrogen-bond donors (Lipinski definition) is 3. The summed E-state index contributed by atoms with van der Waals surface area (Å²) in [6, 6.07) is 4.55. The lowest BCUT2D eigenvalue weighted by molar-refractivity contribution is -0.117. The fourth-order valence-corrected chi connectivity index (χ4v) is 1.39. The number of carbonyl (C=O) groups is 2. The lowest BCUT2D eigenvalue weighted by atomic mass is 10.2. The first kappa shape index (κ1) is 12.3. The average molecular weight is 242 g/mol. The normalized spacial score (nSPS) is 9.81. The summed E-state index contributed by atoms with van der Waals surface area (Å²) in [5, 5.41) is 2.92. The number of anilines is 1. The van der Waals surface area contributed by atoms with Gasteiger partial charge in [-0.1, -0.05) is 11.6 Å². The van der Waals surface area contributed by atoms with Crippen LogP contribution < -0.4 is 16.8 Å². The molecule has 0 saturated heterocycles. The van der Waals surface area contributed by atoms with Gasteiger partial charge in [-0.25, -0.2) is 0 Å². The Morgan fingerprint density at radius 1 is 1.31 bits per heavy atom. The third-order valence-electron chi connectivity index (χ3n) is 1.84. The number of benzene rings is 1. The van der Waals surface area contributed by atoms with Gasteiger partial charge in [0.15, 0.2) is 0 Å². The summed E-state index contributed by atoms with van der Waals surface area (Å²) in [6.45, 7) is 0.195. The van der Waals surface area contributed by atoms with E-state index >= 15 is 0 Å². The number of nitrogen functional groups attached to an aromatic ring is 1. The van der Waals surface area contributed by atoms with Crippen molar-refractivity contribution in [1.29, 1.82) is 0 Å². The van der Waals surface area contributed by atoms with Crippen LogP contribution in [0.25, 0.3) is 0 Å². The Bertz CT molecular complexity index is 400. The number of rotatable bonds is 4. The number of nitrogens with two attached hydrogens (primary N) is 2. The van der Waals surface area contributed by atoms with Gasteiger partial charge in [-0.15, -0.1) is 0 Å². The molecule has 0 radical (unpaired) electrons. The molecule has 1 rings (SSSR count). The lowest BCUT2D eigenvalue weighted by Gasteiger charge is -2.05. The molecule has 0 aromatic heterocycles. The molecule has 1 aromatic rings. The Labute approximate surface area is 97.7 Å². The molecular formula is C10H12ClN3O2. The topological polar surface area (TPSA) is 98.2 Å². The van der Waals surface area contributed by atoms with Crippen LogP contribution in [0.2, 0.25) is 5.02 Å². The van der Waals surface area contributed by atoms with E-state index < -0.39 is 5.91 Å². The molecule has 5 nitrogen and oxygen atoms in total. The number of primary amides is 1. The van der Waals surface area contributed by atoms with Crippen molar-refractivity contribution < 1.29 is 9.59 Å². The second-order valence-corrected chi connectivity index (χ2v) is 3.68. The van der Waals surface area contributed by atoms with Crippen molar-refractivity contribution in [3.05, 3.63) is 28.8 Å². The highest BCUT2D eigenvalue weighted by atomic mass is 35.5. The summed E-state index contributed by atoms with van der Waals surface area (Å²) in [5.41, 5.74) is 11.2. The standard InChI is InChI=1S/C10H12ClN3O2/c11-7-3-6(4-8(12)5-7)10(16)14-2-1-9(13)15/h3-5H,1-2,12H2,(H2,13,15)(H,14,16). The van der Waals surface area contributed by atoms with E-state index in [2.05, 4.69) is 5.32 Å². The molecule has 2 amide bonds. The SMILES string of the molecule is NC(=O)CCNC(=O)c1cc(N)cc(Cl)c1. The van der Waals surface area contributed by atoms with E-state index in [1.54, 1.807) is 6.07 Å². The summed E-state index contributed by atoms with van der Waals surface area (Å²) in [4.78, 5) is 22.0. The second kappa shape index (κ2) is 5.37. The van der Waals surface area contributed by atoms with Crippen molar-refractivity contribution in [3.8, 4) is 0 Å². The number of hydrogen-bond acceptors (Lipinski definition) is 3. The summed E-state index contributed by atoms with van der Waals surface area (Å²) in [6.07, 6.45) is 0.0990. The molecular weight excluding hydrogens is 230 g/mol. The van der Waals surface area contributed by atoms with Gasteiger partial charge in [0.25, 0.3) is 5.91 Å². The Morgan fingerprint density at radius 3 is 2.56 bits per heavy atom. The monoisotopic (exact) mass is 241 g/mol. The molecule has 0 aliphatic carbocycles. The van der Waals surface area contributed by atoms with Crippen LogP contribution in [0, 0.1) is 0 Å². The van der Waals surface area contributed by atoms with Crippen molar-refractivity contribution in [1.82, 2.24) is 5.32 Å². The number of halogens is 1. The van der Waals surface area contributed by atoms with Gasteiger partial charge in [-0.05, 0) is 18.2 Å². The summed E-state index contributed by atoms with van der Waals surface area (Å²) in [5.74, 6) is -0.804. The van der Waals surface area contributed by atoms with E-state index in [0.29, 0.717) is 16.3 Å². The van der Waals surface area contributed by atoms with Crippen LogP contribution >= 0.6 is 11.6 Å². The van der Waals surface area contributed by atoms with E-state index in [4.69, 9.17) is 23.1 Å². The van der Waals surface area contributed by atoms with Crippen molar-refractivity contribution in [2.45, 2.75) is 6.42 Å². The third kappa shape index (κ3) is 3.78. The van der Waals surface area contributed by atoms with Crippen LogP contribution in [-0.2, 0) is 4.79 Å². The van der Waals surface area contributed by atoms with Crippen molar-refractivity contribution in [3.63, 3.8) is 0 Å². The highest BCUT2D eigenvalue weighted by Crippen LogP contribution is 2.16. The van der Waals surface area contributed by atoms with E-state index in [1.165, 1.54) is 12.1 Å². The van der Waals surface area contributed by atoms with E-state index in [0.717, 1.165) is 0 Å². The summed E-state index contributed by atoms with van der Waals surface area (Å²) in [7, 11) is 0. The molecule has 0 saturated carbocycles. The van der Waals surface area contributed by atoms with Gasteiger partial charge >= 0.3 is 0 Å². The maximum atomic E-state index is 11.6. The van der Waals surface area contributed by atoms with Gasteiger partial charge in [0.05, 0.1) is 0 Å². The first-order valence-electron chi connectivity index (χ1n) is 4.61. The highest BCUT2D eigenvalue weighted by Gasteiger charge is 2.07. The minimum atomic E-state index is -0.467. The molecule has 1 aromatic carbocycles. The minimum Gasteiger partial charge on any atom is -0.399 e. The van der Waals surface area contributed by atoms with Crippen molar-refractivity contribution >= 4 is 29.1 Å². The molecule has 16 heavy (non-hydrogen) atoms.